The summed E-state index contributed by atoms with van der Waals surface area (Å²) in [4.78, 5) is 5.75. The predicted octanol–water partition coefficient (Wildman–Crippen LogP) is 1.61. The molecule has 1 fully saturated rings. The van der Waals surface area contributed by atoms with Gasteiger partial charge in [-0.15, -0.1) is 0 Å². The van der Waals surface area contributed by atoms with E-state index in [4.69, 9.17) is 0 Å². The Balaban J connectivity index is 1.80. The Morgan fingerprint density at radius 3 is 3.12 bits per heavy atom. The molecule has 1 aliphatic heterocycles. The van der Waals surface area contributed by atoms with Crippen molar-refractivity contribution in [2.75, 3.05) is 26.7 Å². The fourth-order valence-electron chi connectivity index (χ4n) is 2.69. The second-order valence-electron chi connectivity index (χ2n) is 4.98. The van der Waals surface area contributed by atoms with Crippen LogP contribution in [0, 0.1) is 0 Å². The molecule has 2 heterocycles. The topological polar surface area (TPSA) is 31.1 Å². The van der Waals surface area contributed by atoms with Crippen LogP contribution in [0.3, 0.4) is 0 Å². The highest BCUT2D eigenvalue weighted by Crippen LogP contribution is 2.19. The average molecular weight is 229 g/mol. The minimum atomic E-state index is 0.577. The monoisotopic (exact) mass is 229 g/mol. The first-order valence-corrected chi connectivity index (χ1v) is 6.30. The fraction of sp³-hybridized carbons (Fsp3) is 0.429. The number of para-hydroxylation sites is 1. The standard InChI is InChI=1S/C14H19N3/c1-17-7-6-15-12(10-17)8-11-9-16-14-5-3-2-4-13(11)14/h2-5,9,12,15-16H,6-8,10H2,1H3. The third-order valence-electron chi connectivity index (χ3n) is 3.60. The molecule has 0 amide bonds. The van der Waals surface area contributed by atoms with Crippen LogP contribution in [0.2, 0.25) is 0 Å². The molecule has 0 radical (unpaired) electrons. The maximum atomic E-state index is 3.60. The average Bonchev–Trinajstić information content (AvgIpc) is 2.73. The number of aromatic amines is 1. The zero-order chi connectivity index (χ0) is 11.7. The number of nitrogens with one attached hydrogen (secondary N) is 2. The molecule has 0 bridgehead atoms. The van der Waals surface area contributed by atoms with Gasteiger partial charge in [0.2, 0.25) is 0 Å². The molecule has 0 spiro atoms. The van der Waals surface area contributed by atoms with Crippen LogP contribution in [0.4, 0.5) is 0 Å². The van der Waals surface area contributed by atoms with Gasteiger partial charge < -0.3 is 15.2 Å². The number of rotatable bonds is 2. The van der Waals surface area contributed by atoms with Gasteiger partial charge in [0.1, 0.15) is 0 Å². The van der Waals surface area contributed by atoms with Gasteiger partial charge in [-0.05, 0) is 25.1 Å². The van der Waals surface area contributed by atoms with Crippen LogP contribution in [0.1, 0.15) is 5.56 Å². The molecule has 1 aromatic heterocycles. The van der Waals surface area contributed by atoms with Gasteiger partial charge in [-0.1, -0.05) is 18.2 Å². The number of likely N-dealkylation sites (N-methyl/N-ethyl adjacent to an activating group) is 1. The highest BCUT2D eigenvalue weighted by atomic mass is 15.2. The van der Waals surface area contributed by atoms with Gasteiger partial charge in [-0.25, -0.2) is 0 Å². The first-order valence-electron chi connectivity index (χ1n) is 6.30. The molecule has 3 rings (SSSR count). The first-order chi connectivity index (χ1) is 8.33. The lowest BCUT2D eigenvalue weighted by atomic mass is 10.0. The number of hydrogen-bond acceptors (Lipinski definition) is 2. The number of nitrogens with zero attached hydrogens (tertiary/aromatic N) is 1. The maximum absolute atomic E-state index is 3.60. The molecule has 1 aliphatic rings. The van der Waals surface area contributed by atoms with E-state index in [9.17, 15) is 0 Å². The summed E-state index contributed by atoms with van der Waals surface area (Å²) in [6.45, 7) is 3.40. The van der Waals surface area contributed by atoms with Crippen molar-refractivity contribution in [1.29, 1.82) is 0 Å². The molecule has 1 atom stereocenters. The summed E-state index contributed by atoms with van der Waals surface area (Å²) in [5, 5.41) is 4.96. The van der Waals surface area contributed by atoms with E-state index in [0.717, 1.165) is 26.1 Å². The quantitative estimate of drug-likeness (QED) is 0.820. The van der Waals surface area contributed by atoms with Crippen LogP contribution in [-0.2, 0) is 6.42 Å². The second-order valence-corrected chi connectivity index (χ2v) is 4.98. The maximum Gasteiger partial charge on any atom is 0.0456 e. The van der Waals surface area contributed by atoms with E-state index in [1.54, 1.807) is 0 Å². The summed E-state index contributed by atoms with van der Waals surface area (Å²) in [6, 6.07) is 9.11. The Kier molecular flexibility index (Phi) is 2.87. The van der Waals surface area contributed by atoms with Gasteiger partial charge in [0, 0.05) is 42.8 Å². The first kappa shape index (κ1) is 10.8. The summed E-state index contributed by atoms with van der Waals surface area (Å²) >= 11 is 0. The second kappa shape index (κ2) is 4.51. The zero-order valence-corrected chi connectivity index (χ0v) is 10.2. The molecule has 1 aromatic carbocycles. The van der Waals surface area contributed by atoms with Crippen LogP contribution in [0.25, 0.3) is 10.9 Å². The van der Waals surface area contributed by atoms with Crippen molar-refractivity contribution in [3.63, 3.8) is 0 Å². The highest BCUT2D eigenvalue weighted by Gasteiger charge is 2.17. The lowest BCUT2D eigenvalue weighted by Gasteiger charge is -2.30. The molecule has 3 nitrogen and oxygen atoms in total. The minimum absolute atomic E-state index is 0.577. The molecule has 2 N–H and O–H groups in total. The van der Waals surface area contributed by atoms with E-state index >= 15 is 0 Å². The van der Waals surface area contributed by atoms with Crippen molar-refractivity contribution in [1.82, 2.24) is 15.2 Å². The number of fused-ring (bicyclic) bond motifs is 1. The van der Waals surface area contributed by atoms with E-state index in [1.165, 1.54) is 16.5 Å². The smallest absolute Gasteiger partial charge is 0.0456 e. The van der Waals surface area contributed by atoms with E-state index in [-0.39, 0.29) is 0 Å². The molecular formula is C14H19N3. The number of hydrogen-bond donors (Lipinski definition) is 2. The number of benzene rings is 1. The lowest BCUT2D eigenvalue weighted by Crippen LogP contribution is -2.49. The SMILES string of the molecule is CN1CCNC(Cc2c[nH]c3ccccc23)C1. The number of H-pyrrole nitrogens is 1. The summed E-state index contributed by atoms with van der Waals surface area (Å²) in [6.07, 6.45) is 3.26. The van der Waals surface area contributed by atoms with Crippen LogP contribution in [0.15, 0.2) is 30.5 Å². The van der Waals surface area contributed by atoms with Crippen LogP contribution < -0.4 is 5.32 Å². The van der Waals surface area contributed by atoms with Crippen molar-refractivity contribution in [2.24, 2.45) is 0 Å². The van der Waals surface area contributed by atoms with Crippen LogP contribution in [0.5, 0.6) is 0 Å². The largest absolute Gasteiger partial charge is 0.361 e. The fourth-order valence-corrected chi connectivity index (χ4v) is 2.69. The predicted molar refractivity (Wildman–Crippen MR) is 71.3 cm³/mol. The molecule has 17 heavy (non-hydrogen) atoms. The molecular weight excluding hydrogens is 210 g/mol. The molecule has 3 heteroatoms. The van der Waals surface area contributed by atoms with Crippen molar-refractivity contribution in [3.8, 4) is 0 Å². The lowest BCUT2D eigenvalue weighted by molar-refractivity contribution is 0.238. The Hall–Kier alpha value is -1.32. The Morgan fingerprint density at radius 2 is 2.24 bits per heavy atom. The van der Waals surface area contributed by atoms with Crippen molar-refractivity contribution in [3.05, 3.63) is 36.0 Å². The highest BCUT2D eigenvalue weighted by molar-refractivity contribution is 5.83. The Morgan fingerprint density at radius 1 is 1.35 bits per heavy atom. The number of piperazine rings is 1. The van der Waals surface area contributed by atoms with Crippen molar-refractivity contribution in [2.45, 2.75) is 12.5 Å². The van der Waals surface area contributed by atoms with Gasteiger partial charge in [0.15, 0.2) is 0 Å². The van der Waals surface area contributed by atoms with Crippen molar-refractivity contribution < 1.29 is 0 Å². The van der Waals surface area contributed by atoms with Gasteiger partial charge in [-0.2, -0.15) is 0 Å². The molecule has 2 aromatic rings. The van der Waals surface area contributed by atoms with Gasteiger partial charge in [0.05, 0.1) is 0 Å². The normalized spacial score (nSPS) is 22.1. The molecule has 0 saturated carbocycles. The molecule has 1 unspecified atom stereocenters. The van der Waals surface area contributed by atoms with E-state index in [0.29, 0.717) is 6.04 Å². The molecule has 1 saturated heterocycles. The Labute approximate surface area is 102 Å². The van der Waals surface area contributed by atoms with Gasteiger partial charge in [0.25, 0.3) is 0 Å². The summed E-state index contributed by atoms with van der Waals surface area (Å²) in [5.74, 6) is 0. The van der Waals surface area contributed by atoms with E-state index in [2.05, 4.69) is 52.7 Å². The number of aromatic nitrogens is 1. The van der Waals surface area contributed by atoms with Crippen LogP contribution in [-0.4, -0.2) is 42.6 Å². The van der Waals surface area contributed by atoms with E-state index < -0.39 is 0 Å². The van der Waals surface area contributed by atoms with E-state index in [1.807, 2.05) is 0 Å². The minimum Gasteiger partial charge on any atom is -0.361 e. The third-order valence-corrected chi connectivity index (χ3v) is 3.60. The summed E-state index contributed by atoms with van der Waals surface area (Å²) in [5.41, 5.74) is 2.67. The molecule has 90 valence electrons. The van der Waals surface area contributed by atoms with Crippen molar-refractivity contribution >= 4 is 10.9 Å². The van der Waals surface area contributed by atoms with Crippen LogP contribution >= 0.6 is 0 Å². The third kappa shape index (κ3) is 2.21. The zero-order valence-electron chi connectivity index (χ0n) is 10.2. The Bertz CT molecular complexity index is 503. The summed E-state index contributed by atoms with van der Waals surface area (Å²) in [7, 11) is 2.20. The molecule has 0 aliphatic carbocycles. The van der Waals surface area contributed by atoms with Gasteiger partial charge >= 0.3 is 0 Å². The van der Waals surface area contributed by atoms with Gasteiger partial charge in [-0.3, -0.25) is 0 Å². The summed E-state index contributed by atoms with van der Waals surface area (Å²) < 4.78 is 0.